The van der Waals surface area contributed by atoms with Gasteiger partial charge in [-0.3, -0.25) is 9.48 Å². The van der Waals surface area contributed by atoms with Crippen molar-refractivity contribution in [2.75, 3.05) is 5.73 Å². The molecular formula is C19H19N7O2. The summed E-state index contributed by atoms with van der Waals surface area (Å²) in [7, 11) is 1.84. The Balaban J connectivity index is 1.47. The minimum atomic E-state index is -0.136. The predicted octanol–water partition coefficient (Wildman–Crippen LogP) is 1.76. The molecule has 4 aromatic rings. The lowest BCUT2D eigenvalue weighted by atomic mass is 10.0. The first-order valence-corrected chi connectivity index (χ1v) is 8.73. The molecule has 3 N–H and O–H groups in total. The summed E-state index contributed by atoms with van der Waals surface area (Å²) in [6, 6.07) is 7.40. The Morgan fingerprint density at radius 1 is 1.21 bits per heavy atom. The van der Waals surface area contributed by atoms with E-state index in [0.717, 1.165) is 22.4 Å². The highest BCUT2D eigenvalue weighted by molar-refractivity contribution is 5.94. The molecule has 0 saturated heterocycles. The molecule has 0 radical (unpaired) electrons. The zero-order valence-corrected chi connectivity index (χ0v) is 15.5. The van der Waals surface area contributed by atoms with Gasteiger partial charge in [-0.1, -0.05) is 12.1 Å². The molecule has 0 fully saturated rings. The van der Waals surface area contributed by atoms with Gasteiger partial charge in [-0.05, 0) is 34.9 Å². The zero-order chi connectivity index (χ0) is 19.7. The third-order valence-corrected chi connectivity index (χ3v) is 4.57. The van der Waals surface area contributed by atoms with E-state index in [0.29, 0.717) is 35.4 Å². The van der Waals surface area contributed by atoms with Crippen LogP contribution >= 0.6 is 0 Å². The number of amides is 1. The minimum absolute atomic E-state index is 0.136. The molecule has 0 bridgehead atoms. The number of hydrogen-bond acceptors (Lipinski definition) is 7. The van der Waals surface area contributed by atoms with Crippen molar-refractivity contribution in [1.82, 2.24) is 30.4 Å². The molecule has 28 heavy (non-hydrogen) atoms. The summed E-state index contributed by atoms with van der Waals surface area (Å²) in [6.45, 7) is 2.31. The summed E-state index contributed by atoms with van der Waals surface area (Å²) < 4.78 is 6.41. The van der Waals surface area contributed by atoms with Crippen molar-refractivity contribution >= 4 is 22.8 Å². The zero-order valence-electron chi connectivity index (χ0n) is 15.5. The van der Waals surface area contributed by atoms with Crippen LogP contribution in [0.2, 0.25) is 0 Å². The number of nitrogen functional groups attached to an aromatic ring is 1. The summed E-state index contributed by atoms with van der Waals surface area (Å²) >= 11 is 0. The second-order valence-electron chi connectivity index (χ2n) is 6.60. The maximum Gasteiger partial charge on any atom is 0.251 e. The first kappa shape index (κ1) is 17.7. The molecule has 3 aromatic heterocycles. The summed E-state index contributed by atoms with van der Waals surface area (Å²) in [5.41, 5.74) is 11.8. The van der Waals surface area contributed by atoms with Crippen molar-refractivity contribution in [2.24, 2.45) is 7.05 Å². The van der Waals surface area contributed by atoms with Crippen molar-refractivity contribution in [1.29, 1.82) is 0 Å². The van der Waals surface area contributed by atoms with E-state index >= 15 is 0 Å². The van der Waals surface area contributed by atoms with Gasteiger partial charge in [0, 0.05) is 48.6 Å². The van der Waals surface area contributed by atoms with E-state index in [9.17, 15) is 4.79 Å². The molecule has 0 aliphatic heterocycles. The number of nitrogens with one attached hydrogen (secondary N) is 1. The van der Waals surface area contributed by atoms with Crippen molar-refractivity contribution in [3.63, 3.8) is 0 Å². The van der Waals surface area contributed by atoms with E-state index < -0.39 is 0 Å². The number of carbonyl (C=O) groups is 1. The van der Waals surface area contributed by atoms with Gasteiger partial charge in [0.25, 0.3) is 5.91 Å². The van der Waals surface area contributed by atoms with Crippen LogP contribution in [0.1, 0.15) is 32.7 Å². The maximum atomic E-state index is 12.3. The van der Waals surface area contributed by atoms with E-state index in [4.69, 9.17) is 10.4 Å². The number of nitrogens with zero attached hydrogens (tertiary/aromatic N) is 5. The molecule has 3 heterocycles. The van der Waals surface area contributed by atoms with Crippen LogP contribution in [0, 0.1) is 6.92 Å². The number of anilines is 1. The van der Waals surface area contributed by atoms with Gasteiger partial charge in [0.15, 0.2) is 5.52 Å². The molecule has 9 nitrogen and oxygen atoms in total. The van der Waals surface area contributed by atoms with E-state index in [1.165, 1.54) is 0 Å². The van der Waals surface area contributed by atoms with Gasteiger partial charge in [-0.15, -0.1) is 0 Å². The molecule has 4 rings (SSSR count). The Labute approximate surface area is 160 Å². The lowest BCUT2D eigenvalue weighted by Gasteiger charge is -2.09. The van der Waals surface area contributed by atoms with Crippen molar-refractivity contribution in [2.45, 2.75) is 19.9 Å². The standard InChI is InChI=1S/C19H19N7O2/c1-11-15(16(20)17-18(23-11)25-28-24-17)7-12-3-5-14(6-4-12)19(27)21-8-13-9-22-26(2)10-13/h3-6,9-10H,7-8,20H2,1-2H3,(H,21,27). The number of hydrogen-bond donors (Lipinski definition) is 2. The second kappa shape index (κ2) is 7.10. The van der Waals surface area contributed by atoms with Gasteiger partial charge in [0.1, 0.15) is 0 Å². The van der Waals surface area contributed by atoms with Gasteiger partial charge >= 0.3 is 0 Å². The molecule has 0 spiro atoms. The average molecular weight is 377 g/mol. The molecule has 0 aliphatic rings. The topological polar surface area (TPSA) is 125 Å². The quantitative estimate of drug-likeness (QED) is 0.543. The Morgan fingerprint density at radius 3 is 2.71 bits per heavy atom. The molecule has 9 heteroatoms. The normalized spacial score (nSPS) is 11.1. The highest BCUT2D eigenvalue weighted by Gasteiger charge is 2.15. The number of rotatable bonds is 5. The fourth-order valence-electron chi connectivity index (χ4n) is 3.04. The van der Waals surface area contributed by atoms with Gasteiger partial charge in [-0.2, -0.15) is 5.10 Å². The van der Waals surface area contributed by atoms with Gasteiger partial charge in [0.05, 0.1) is 11.9 Å². The number of aromatic nitrogens is 5. The molecule has 0 aliphatic carbocycles. The van der Waals surface area contributed by atoms with E-state index in [1.807, 2.05) is 32.3 Å². The van der Waals surface area contributed by atoms with Crippen LogP contribution in [0.3, 0.4) is 0 Å². The summed E-state index contributed by atoms with van der Waals surface area (Å²) in [4.78, 5) is 16.7. The SMILES string of the molecule is Cc1nc2nonc2c(N)c1Cc1ccc(C(=O)NCc2cnn(C)c2)cc1. The lowest BCUT2D eigenvalue weighted by molar-refractivity contribution is 0.0951. The molecule has 1 aromatic carbocycles. The Bertz CT molecular complexity index is 1150. The van der Waals surface area contributed by atoms with Crippen LogP contribution in [-0.2, 0) is 20.0 Å². The number of aryl methyl sites for hydroxylation is 2. The van der Waals surface area contributed by atoms with Crippen molar-refractivity contribution < 1.29 is 9.42 Å². The van der Waals surface area contributed by atoms with Crippen LogP contribution in [-0.4, -0.2) is 31.0 Å². The smallest absolute Gasteiger partial charge is 0.251 e. The van der Waals surface area contributed by atoms with Crippen LogP contribution in [0.25, 0.3) is 11.2 Å². The van der Waals surface area contributed by atoms with Gasteiger partial charge in [-0.25, -0.2) is 9.61 Å². The van der Waals surface area contributed by atoms with E-state index in [-0.39, 0.29) is 5.91 Å². The molecule has 0 unspecified atom stereocenters. The summed E-state index contributed by atoms with van der Waals surface area (Å²) in [6.07, 6.45) is 4.17. The maximum absolute atomic E-state index is 12.3. The van der Waals surface area contributed by atoms with Crippen LogP contribution < -0.4 is 11.1 Å². The van der Waals surface area contributed by atoms with Gasteiger partial charge < -0.3 is 11.1 Å². The molecule has 142 valence electrons. The largest absolute Gasteiger partial charge is 0.396 e. The van der Waals surface area contributed by atoms with Crippen molar-refractivity contribution in [3.8, 4) is 0 Å². The number of benzene rings is 1. The first-order chi connectivity index (χ1) is 13.5. The number of carbonyl (C=O) groups excluding carboxylic acids is 1. The summed E-state index contributed by atoms with van der Waals surface area (Å²) in [5, 5.41) is 14.5. The molecule has 0 saturated carbocycles. The molecule has 1 amide bonds. The number of nitrogens with two attached hydrogens (primary N) is 1. The first-order valence-electron chi connectivity index (χ1n) is 8.73. The fourth-order valence-corrected chi connectivity index (χ4v) is 3.04. The van der Waals surface area contributed by atoms with Gasteiger partial charge in [0.2, 0.25) is 5.65 Å². The average Bonchev–Trinajstić information content (AvgIpc) is 3.32. The number of fused-ring (bicyclic) bond motifs is 1. The Hall–Kier alpha value is -3.75. The lowest BCUT2D eigenvalue weighted by Crippen LogP contribution is -2.22. The Kier molecular flexibility index (Phi) is 4.48. The monoisotopic (exact) mass is 377 g/mol. The predicted molar refractivity (Wildman–Crippen MR) is 102 cm³/mol. The highest BCUT2D eigenvalue weighted by atomic mass is 16.6. The second-order valence-corrected chi connectivity index (χ2v) is 6.60. The van der Waals surface area contributed by atoms with Crippen LogP contribution in [0.4, 0.5) is 5.69 Å². The highest BCUT2D eigenvalue weighted by Crippen LogP contribution is 2.25. The van der Waals surface area contributed by atoms with Crippen LogP contribution in [0.15, 0.2) is 41.3 Å². The minimum Gasteiger partial charge on any atom is -0.396 e. The fraction of sp³-hybridized carbons (Fsp3) is 0.211. The third kappa shape index (κ3) is 3.41. The molecule has 0 atom stereocenters. The Morgan fingerprint density at radius 2 is 2.00 bits per heavy atom. The summed E-state index contributed by atoms with van der Waals surface area (Å²) in [5.74, 6) is -0.136. The van der Waals surface area contributed by atoms with Crippen molar-refractivity contribution in [3.05, 3.63) is 64.6 Å². The van der Waals surface area contributed by atoms with Crippen LogP contribution in [0.5, 0.6) is 0 Å². The van der Waals surface area contributed by atoms with E-state index in [1.54, 1.807) is 23.0 Å². The number of pyridine rings is 1. The van der Waals surface area contributed by atoms with E-state index in [2.05, 4.69) is 25.7 Å². The molecular weight excluding hydrogens is 358 g/mol. The third-order valence-electron chi connectivity index (χ3n) is 4.57.